The number of rotatable bonds is 4. The van der Waals surface area contributed by atoms with Crippen molar-refractivity contribution in [2.75, 3.05) is 13.1 Å². The molecule has 7 nitrogen and oxygen atoms in total. The number of aryl methyl sites for hydroxylation is 1. The summed E-state index contributed by atoms with van der Waals surface area (Å²) in [6.45, 7) is 5.03. The highest BCUT2D eigenvalue weighted by molar-refractivity contribution is 6.16. The molecule has 2 aromatic carbocycles. The van der Waals surface area contributed by atoms with E-state index in [-0.39, 0.29) is 17.7 Å². The molecule has 6 rings (SSSR count). The minimum atomic E-state index is -0.821. The lowest BCUT2D eigenvalue weighted by Crippen LogP contribution is -2.36. The number of amidine groups is 1. The van der Waals surface area contributed by atoms with Crippen LogP contribution in [0, 0.1) is 5.92 Å². The smallest absolute Gasteiger partial charge is 0.259 e. The van der Waals surface area contributed by atoms with Crippen LogP contribution in [0.4, 0.5) is 0 Å². The van der Waals surface area contributed by atoms with Gasteiger partial charge in [-0.2, -0.15) is 5.10 Å². The van der Waals surface area contributed by atoms with Gasteiger partial charge in [0, 0.05) is 43.2 Å². The normalized spacial score (nSPS) is 20.8. The third-order valence-electron chi connectivity index (χ3n) is 7.23. The van der Waals surface area contributed by atoms with Gasteiger partial charge in [-0.3, -0.25) is 24.2 Å². The number of carbonyl (C=O) groups excluding carboxylic acids is 2. The Bertz CT molecular complexity index is 1410. The second-order valence-electron chi connectivity index (χ2n) is 10.4. The summed E-state index contributed by atoms with van der Waals surface area (Å²) in [5.41, 5.74) is 4.48. The Balaban J connectivity index is 1.27. The highest BCUT2D eigenvalue weighted by atomic mass is 16.2. The monoisotopic (exact) mass is 467 g/mol. The molecule has 3 heterocycles. The summed E-state index contributed by atoms with van der Waals surface area (Å²) in [5, 5.41) is 5.43. The van der Waals surface area contributed by atoms with Gasteiger partial charge in [0.05, 0.1) is 11.7 Å². The highest BCUT2D eigenvalue weighted by Crippen LogP contribution is 2.34. The molecule has 35 heavy (non-hydrogen) atoms. The zero-order valence-electron chi connectivity index (χ0n) is 20.4. The number of aromatic nitrogens is 2. The van der Waals surface area contributed by atoms with Crippen LogP contribution >= 0.6 is 0 Å². The van der Waals surface area contributed by atoms with Crippen molar-refractivity contribution in [3.8, 4) is 11.1 Å². The molecule has 7 heteroatoms. The topological polar surface area (TPSA) is 70.8 Å². The van der Waals surface area contributed by atoms with E-state index in [4.69, 9.17) is 4.99 Å². The van der Waals surface area contributed by atoms with Crippen molar-refractivity contribution in [1.29, 1.82) is 0 Å². The van der Waals surface area contributed by atoms with Gasteiger partial charge in [-0.15, -0.1) is 0 Å². The maximum absolute atomic E-state index is 13.2. The Morgan fingerprint density at radius 1 is 1.06 bits per heavy atom. The molecule has 1 saturated carbocycles. The lowest BCUT2D eigenvalue weighted by molar-refractivity contribution is -0.131. The standard InChI is InChI=1S/C28H29N5O2/c1-28(2)27(35)33(17-18-12-13-32(16-18)26(34)21-8-9-21)25(30-28)20-6-4-19(5-7-20)22-10-11-24-23(14-22)15-29-31(24)3/h4-7,10-11,14-15,17,21H,8-9,12-13,16H2,1-3H3/b18-17+. The Morgan fingerprint density at radius 2 is 1.77 bits per heavy atom. The second kappa shape index (κ2) is 7.90. The zero-order valence-corrected chi connectivity index (χ0v) is 20.4. The van der Waals surface area contributed by atoms with Crippen LogP contribution in [0.3, 0.4) is 0 Å². The van der Waals surface area contributed by atoms with Crippen molar-refractivity contribution in [2.45, 2.75) is 38.6 Å². The predicted octanol–water partition coefficient (Wildman–Crippen LogP) is 4.13. The first kappa shape index (κ1) is 21.8. The summed E-state index contributed by atoms with van der Waals surface area (Å²) >= 11 is 0. The van der Waals surface area contributed by atoms with Crippen molar-refractivity contribution in [3.63, 3.8) is 0 Å². The number of nitrogens with zero attached hydrogens (tertiary/aromatic N) is 5. The number of hydrogen-bond donors (Lipinski definition) is 0. The van der Waals surface area contributed by atoms with Crippen LogP contribution in [-0.2, 0) is 16.6 Å². The van der Waals surface area contributed by atoms with Gasteiger partial charge in [0.1, 0.15) is 11.4 Å². The van der Waals surface area contributed by atoms with Crippen molar-refractivity contribution in [1.82, 2.24) is 19.6 Å². The number of benzene rings is 2. The molecule has 3 aliphatic rings. The third kappa shape index (κ3) is 3.85. The zero-order chi connectivity index (χ0) is 24.3. The number of amides is 2. The van der Waals surface area contributed by atoms with E-state index >= 15 is 0 Å². The maximum Gasteiger partial charge on any atom is 0.259 e. The predicted molar refractivity (Wildman–Crippen MR) is 136 cm³/mol. The first-order valence-corrected chi connectivity index (χ1v) is 12.2. The fourth-order valence-corrected chi connectivity index (χ4v) is 4.98. The molecule has 1 saturated heterocycles. The van der Waals surface area contributed by atoms with Crippen LogP contribution in [0.5, 0.6) is 0 Å². The van der Waals surface area contributed by atoms with Crippen LogP contribution in [0.25, 0.3) is 22.0 Å². The first-order chi connectivity index (χ1) is 16.8. The van der Waals surface area contributed by atoms with Gasteiger partial charge in [0.15, 0.2) is 0 Å². The van der Waals surface area contributed by atoms with Crippen LogP contribution < -0.4 is 0 Å². The van der Waals surface area contributed by atoms with Gasteiger partial charge in [0.25, 0.3) is 5.91 Å². The molecule has 2 fully saturated rings. The lowest BCUT2D eigenvalue weighted by atomic mass is 10.0. The lowest BCUT2D eigenvalue weighted by Gasteiger charge is -2.18. The molecule has 1 aliphatic carbocycles. The number of fused-ring (bicyclic) bond motifs is 1. The maximum atomic E-state index is 13.2. The Kier molecular flexibility index (Phi) is 4.91. The summed E-state index contributed by atoms with van der Waals surface area (Å²) in [5.74, 6) is 1.10. The van der Waals surface area contributed by atoms with Crippen LogP contribution in [-0.4, -0.2) is 55.9 Å². The molecule has 0 atom stereocenters. The fraction of sp³-hybridized carbons (Fsp3) is 0.357. The van der Waals surface area contributed by atoms with E-state index in [1.807, 2.05) is 55.0 Å². The average molecular weight is 468 g/mol. The molecule has 0 unspecified atom stereocenters. The summed E-state index contributed by atoms with van der Waals surface area (Å²) in [4.78, 5) is 34.1. The molecule has 0 N–H and O–H groups in total. The van der Waals surface area contributed by atoms with E-state index in [1.165, 1.54) is 0 Å². The largest absolute Gasteiger partial charge is 0.338 e. The molecule has 0 bridgehead atoms. The van der Waals surface area contributed by atoms with Crippen LogP contribution in [0.15, 0.2) is 65.4 Å². The minimum Gasteiger partial charge on any atom is -0.338 e. The van der Waals surface area contributed by atoms with Crippen molar-refractivity contribution >= 4 is 28.6 Å². The van der Waals surface area contributed by atoms with Gasteiger partial charge in [-0.05, 0) is 61.9 Å². The molecular formula is C28H29N5O2. The van der Waals surface area contributed by atoms with Crippen LogP contribution in [0.2, 0.25) is 0 Å². The Hall–Kier alpha value is -3.74. The van der Waals surface area contributed by atoms with Gasteiger partial charge in [-0.25, -0.2) is 0 Å². The van der Waals surface area contributed by atoms with Crippen molar-refractivity contribution in [3.05, 3.63) is 66.0 Å². The molecule has 0 radical (unpaired) electrons. The Labute approximate surface area is 204 Å². The fourth-order valence-electron chi connectivity index (χ4n) is 4.98. The van der Waals surface area contributed by atoms with Crippen molar-refractivity contribution in [2.24, 2.45) is 18.0 Å². The average Bonchev–Trinajstić information content (AvgIpc) is 3.43. The molecule has 1 aromatic heterocycles. The van der Waals surface area contributed by atoms with Gasteiger partial charge in [-0.1, -0.05) is 30.3 Å². The molecular weight excluding hydrogens is 438 g/mol. The Morgan fingerprint density at radius 3 is 2.51 bits per heavy atom. The first-order valence-electron chi connectivity index (χ1n) is 12.2. The number of hydrogen-bond acceptors (Lipinski definition) is 4. The van der Waals surface area contributed by atoms with Gasteiger partial charge >= 0.3 is 0 Å². The molecule has 0 spiro atoms. The molecule has 3 aromatic rings. The SMILES string of the molecule is Cn1ncc2cc(-c3ccc(C4=NC(C)(C)C(=O)N4/C=C4\CCN(C(=O)C5CC5)C4)cc3)ccc21. The van der Waals surface area contributed by atoms with E-state index < -0.39 is 5.54 Å². The van der Waals surface area contributed by atoms with Gasteiger partial charge < -0.3 is 4.90 Å². The van der Waals surface area contributed by atoms with Crippen molar-refractivity contribution < 1.29 is 9.59 Å². The third-order valence-corrected chi connectivity index (χ3v) is 7.23. The summed E-state index contributed by atoms with van der Waals surface area (Å²) in [6.07, 6.45) is 6.61. The number of likely N-dealkylation sites (tertiary alicyclic amines) is 1. The summed E-state index contributed by atoms with van der Waals surface area (Å²) < 4.78 is 1.87. The van der Waals surface area contributed by atoms with E-state index in [0.29, 0.717) is 12.4 Å². The minimum absolute atomic E-state index is 0.0434. The highest BCUT2D eigenvalue weighted by Gasteiger charge is 2.41. The van der Waals surface area contributed by atoms with E-state index in [2.05, 4.69) is 35.4 Å². The van der Waals surface area contributed by atoms with Crippen LogP contribution in [0.1, 0.15) is 38.7 Å². The quantitative estimate of drug-likeness (QED) is 0.579. The molecule has 178 valence electrons. The summed E-state index contributed by atoms with van der Waals surface area (Å²) in [6, 6.07) is 14.5. The number of carbonyl (C=O) groups is 2. The van der Waals surface area contributed by atoms with E-state index in [9.17, 15) is 9.59 Å². The number of aliphatic imine (C=N–C) groups is 1. The molecule has 2 aliphatic heterocycles. The summed E-state index contributed by atoms with van der Waals surface area (Å²) in [7, 11) is 1.94. The van der Waals surface area contributed by atoms with E-state index in [1.54, 1.807) is 4.90 Å². The van der Waals surface area contributed by atoms with E-state index in [0.717, 1.165) is 59.0 Å². The van der Waals surface area contributed by atoms with Gasteiger partial charge in [0.2, 0.25) is 5.91 Å². The second-order valence-corrected chi connectivity index (χ2v) is 10.4. The molecule has 2 amide bonds.